The van der Waals surface area contributed by atoms with Gasteiger partial charge in [-0.25, -0.2) is 0 Å². The first-order chi connectivity index (χ1) is 13.1. The van der Waals surface area contributed by atoms with Crippen LogP contribution < -0.4 is 5.32 Å². The number of carbonyl (C=O) groups excluding carboxylic acids is 1. The fourth-order valence-corrected chi connectivity index (χ4v) is 4.67. The highest BCUT2D eigenvalue weighted by Crippen LogP contribution is 2.35. The van der Waals surface area contributed by atoms with Gasteiger partial charge < -0.3 is 10.2 Å². The van der Waals surface area contributed by atoms with Gasteiger partial charge in [-0.15, -0.1) is 11.8 Å². The lowest BCUT2D eigenvalue weighted by molar-refractivity contribution is -0.120. The van der Waals surface area contributed by atoms with Gasteiger partial charge in [0, 0.05) is 11.4 Å². The van der Waals surface area contributed by atoms with Crippen LogP contribution in [-0.2, 0) is 4.79 Å². The summed E-state index contributed by atoms with van der Waals surface area (Å²) in [6.07, 6.45) is 0. The van der Waals surface area contributed by atoms with Crippen molar-refractivity contribution in [1.82, 2.24) is 10.2 Å². The number of nitrogens with zero attached hydrogens (tertiary/aromatic N) is 1. The SMILES string of the molecule is CN(C)C(CNC(=O)C(Sc1ccccc1)c1ccccc1)c1ccsc1. The molecule has 0 aliphatic heterocycles. The Morgan fingerprint density at radius 2 is 1.67 bits per heavy atom. The molecule has 2 unspecified atom stereocenters. The highest BCUT2D eigenvalue weighted by molar-refractivity contribution is 8.00. The summed E-state index contributed by atoms with van der Waals surface area (Å²) in [5.41, 5.74) is 2.25. The van der Waals surface area contributed by atoms with Crippen LogP contribution in [0, 0.1) is 0 Å². The van der Waals surface area contributed by atoms with Crippen LogP contribution in [0.25, 0.3) is 0 Å². The summed E-state index contributed by atoms with van der Waals surface area (Å²) in [7, 11) is 4.09. The van der Waals surface area contributed by atoms with Gasteiger partial charge in [-0.05, 0) is 54.2 Å². The van der Waals surface area contributed by atoms with E-state index in [4.69, 9.17) is 0 Å². The number of rotatable bonds is 8. The van der Waals surface area contributed by atoms with Crippen molar-refractivity contribution in [3.8, 4) is 0 Å². The minimum Gasteiger partial charge on any atom is -0.353 e. The summed E-state index contributed by atoms with van der Waals surface area (Å²) >= 11 is 3.26. The lowest BCUT2D eigenvalue weighted by Crippen LogP contribution is -2.36. The molecule has 3 rings (SSSR count). The molecule has 0 bridgehead atoms. The molecule has 0 saturated carbocycles. The topological polar surface area (TPSA) is 32.3 Å². The van der Waals surface area contributed by atoms with Gasteiger partial charge in [0.2, 0.25) is 5.91 Å². The highest BCUT2D eigenvalue weighted by atomic mass is 32.2. The molecule has 2 aromatic carbocycles. The molecule has 0 fully saturated rings. The van der Waals surface area contributed by atoms with Gasteiger partial charge >= 0.3 is 0 Å². The van der Waals surface area contributed by atoms with E-state index in [-0.39, 0.29) is 17.2 Å². The first-order valence-electron chi connectivity index (χ1n) is 8.88. The van der Waals surface area contributed by atoms with Gasteiger partial charge in [-0.2, -0.15) is 11.3 Å². The normalized spacial score (nSPS) is 13.3. The van der Waals surface area contributed by atoms with E-state index in [1.165, 1.54) is 5.56 Å². The van der Waals surface area contributed by atoms with Gasteiger partial charge in [-0.3, -0.25) is 4.79 Å². The van der Waals surface area contributed by atoms with Crippen molar-refractivity contribution < 1.29 is 4.79 Å². The number of amides is 1. The molecule has 1 amide bonds. The Labute approximate surface area is 169 Å². The maximum Gasteiger partial charge on any atom is 0.238 e. The zero-order valence-corrected chi connectivity index (χ0v) is 17.2. The summed E-state index contributed by atoms with van der Waals surface area (Å²) in [6, 6.07) is 22.3. The van der Waals surface area contributed by atoms with E-state index in [1.807, 2.05) is 74.8 Å². The Morgan fingerprint density at radius 3 is 2.26 bits per heavy atom. The number of carbonyl (C=O) groups is 1. The predicted molar refractivity (Wildman–Crippen MR) is 115 cm³/mol. The third kappa shape index (κ3) is 5.45. The Balaban J connectivity index is 1.74. The molecule has 0 spiro atoms. The van der Waals surface area contributed by atoms with Gasteiger partial charge in [0.15, 0.2) is 0 Å². The lowest BCUT2D eigenvalue weighted by Gasteiger charge is -2.25. The van der Waals surface area contributed by atoms with Crippen molar-refractivity contribution in [1.29, 1.82) is 0 Å². The van der Waals surface area contributed by atoms with E-state index in [2.05, 4.69) is 27.0 Å². The summed E-state index contributed by atoms with van der Waals surface area (Å²) in [5.74, 6) is 0.0390. The molecule has 0 aliphatic carbocycles. The second-order valence-electron chi connectivity index (χ2n) is 6.50. The molecular formula is C22H24N2OS2. The summed E-state index contributed by atoms with van der Waals surface area (Å²) in [4.78, 5) is 16.3. The summed E-state index contributed by atoms with van der Waals surface area (Å²) in [5, 5.41) is 7.11. The van der Waals surface area contributed by atoms with Crippen LogP contribution in [0.15, 0.2) is 82.4 Å². The number of hydrogen-bond donors (Lipinski definition) is 1. The zero-order chi connectivity index (χ0) is 19.1. The summed E-state index contributed by atoms with van der Waals surface area (Å²) < 4.78 is 0. The fraction of sp³-hybridized carbons (Fsp3) is 0.227. The monoisotopic (exact) mass is 396 g/mol. The van der Waals surface area contributed by atoms with E-state index in [0.717, 1.165) is 10.5 Å². The maximum absolute atomic E-state index is 13.1. The van der Waals surface area contributed by atoms with Crippen LogP contribution in [0.5, 0.6) is 0 Å². The molecule has 0 radical (unpaired) electrons. The van der Waals surface area contributed by atoms with Gasteiger partial charge in [0.05, 0.1) is 6.04 Å². The third-order valence-electron chi connectivity index (χ3n) is 4.36. The number of hydrogen-bond acceptors (Lipinski definition) is 4. The number of likely N-dealkylation sites (N-methyl/N-ethyl adjacent to an activating group) is 1. The molecule has 1 heterocycles. The van der Waals surface area contributed by atoms with Crippen molar-refractivity contribution in [2.45, 2.75) is 16.2 Å². The lowest BCUT2D eigenvalue weighted by atomic mass is 10.1. The van der Waals surface area contributed by atoms with Crippen LogP contribution in [0.1, 0.15) is 22.4 Å². The van der Waals surface area contributed by atoms with Crippen molar-refractivity contribution in [2.24, 2.45) is 0 Å². The van der Waals surface area contributed by atoms with E-state index < -0.39 is 0 Å². The second kappa shape index (κ2) is 9.74. The van der Waals surface area contributed by atoms with Crippen LogP contribution >= 0.6 is 23.1 Å². The molecule has 0 aliphatic rings. The molecule has 2 atom stereocenters. The molecule has 140 valence electrons. The van der Waals surface area contributed by atoms with E-state index in [0.29, 0.717) is 6.54 Å². The third-order valence-corrected chi connectivity index (χ3v) is 6.33. The largest absolute Gasteiger partial charge is 0.353 e. The molecule has 0 saturated heterocycles. The first kappa shape index (κ1) is 19.7. The predicted octanol–water partition coefficient (Wildman–Crippen LogP) is 5.00. The van der Waals surface area contributed by atoms with Crippen molar-refractivity contribution >= 4 is 29.0 Å². The highest BCUT2D eigenvalue weighted by Gasteiger charge is 2.23. The van der Waals surface area contributed by atoms with Crippen LogP contribution in [0.3, 0.4) is 0 Å². The minimum absolute atomic E-state index is 0.0390. The van der Waals surface area contributed by atoms with E-state index in [9.17, 15) is 4.79 Å². The molecule has 5 heteroatoms. The zero-order valence-electron chi connectivity index (χ0n) is 15.5. The average Bonchev–Trinajstić information content (AvgIpc) is 3.22. The Kier molecular flexibility index (Phi) is 7.10. The number of benzene rings is 2. The molecule has 3 nitrogen and oxygen atoms in total. The summed E-state index contributed by atoms with van der Waals surface area (Å²) in [6.45, 7) is 0.585. The Bertz CT molecular complexity index is 820. The molecule has 1 N–H and O–H groups in total. The van der Waals surface area contributed by atoms with Crippen LogP contribution in [-0.4, -0.2) is 31.4 Å². The average molecular weight is 397 g/mol. The van der Waals surface area contributed by atoms with Gasteiger partial charge in [0.25, 0.3) is 0 Å². The van der Waals surface area contributed by atoms with Crippen molar-refractivity contribution in [2.75, 3.05) is 20.6 Å². The standard InChI is InChI=1S/C22H24N2OS2/c1-24(2)20(18-13-14-26-16-18)15-23-22(25)21(17-9-5-3-6-10-17)27-19-11-7-4-8-12-19/h3-14,16,20-21H,15H2,1-2H3,(H,23,25). The van der Waals surface area contributed by atoms with Crippen LogP contribution in [0.2, 0.25) is 0 Å². The quantitative estimate of drug-likeness (QED) is 0.544. The molecule has 3 aromatic rings. The van der Waals surface area contributed by atoms with Crippen molar-refractivity contribution in [3.63, 3.8) is 0 Å². The van der Waals surface area contributed by atoms with Crippen LogP contribution in [0.4, 0.5) is 0 Å². The number of nitrogens with one attached hydrogen (secondary N) is 1. The number of thioether (sulfide) groups is 1. The van der Waals surface area contributed by atoms with E-state index >= 15 is 0 Å². The smallest absolute Gasteiger partial charge is 0.238 e. The number of thiophene rings is 1. The Morgan fingerprint density at radius 1 is 1.00 bits per heavy atom. The fourth-order valence-electron chi connectivity index (χ4n) is 2.89. The molecule has 27 heavy (non-hydrogen) atoms. The van der Waals surface area contributed by atoms with E-state index in [1.54, 1.807) is 23.1 Å². The second-order valence-corrected chi connectivity index (χ2v) is 8.46. The minimum atomic E-state index is -0.279. The molecular weight excluding hydrogens is 372 g/mol. The first-order valence-corrected chi connectivity index (χ1v) is 10.7. The van der Waals surface area contributed by atoms with Gasteiger partial charge in [-0.1, -0.05) is 48.5 Å². The Hall–Kier alpha value is -2.08. The maximum atomic E-state index is 13.1. The molecule has 1 aromatic heterocycles. The van der Waals surface area contributed by atoms with Gasteiger partial charge in [0.1, 0.15) is 5.25 Å². The van der Waals surface area contributed by atoms with Crippen molar-refractivity contribution in [3.05, 3.63) is 88.6 Å².